The van der Waals surface area contributed by atoms with Gasteiger partial charge in [0.2, 0.25) is 0 Å². The van der Waals surface area contributed by atoms with Crippen LogP contribution in [0.5, 0.6) is 5.75 Å². The molecule has 0 aliphatic rings. The number of Topliss-reactive ketones (excluding diaryl/α,β-unsaturated/α-hetero) is 1. The number of hydrogen-bond acceptors (Lipinski definition) is 5. The minimum Gasteiger partial charge on any atom is -0.494 e. The number of hydrogen-bond donors (Lipinski definition) is 1. The lowest BCUT2D eigenvalue weighted by molar-refractivity contribution is -0.144. The Labute approximate surface area is 187 Å². The van der Waals surface area contributed by atoms with Gasteiger partial charge >= 0.3 is 5.97 Å². The highest BCUT2D eigenvalue weighted by Gasteiger charge is 2.24. The first kappa shape index (κ1) is 22.7. The third-order valence-corrected chi connectivity index (χ3v) is 4.74. The van der Waals surface area contributed by atoms with E-state index in [1.807, 2.05) is 37.3 Å². The van der Waals surface area contributed by atoms with Crippen LogP contribution in [0.15, 0.2) is 84.9 Å². The quantitative estimate of drug-likeness (QED) is 0.390. The minimum absolute atomic E-state index is 0.246. The molecule has 1 unspecified atom stereocenters. The molecule has 0 aliphatic carbocycles. The highest BCUT2D eigenvalue weighted by Crippen LogP contribution is 2.13. The van der Waals surface area contributed by atoms with Gasteiger partial charge in [0.15, 0.2) is 12.4 Å². The number of carbonyl (C=O) groups is 3. The third-order valence-electron chi connectivity index (χ3n) is 4.74. The van der Waals surface area contributed by atoms with Gasteiger partial charge in [-0.3, -0.25) is 9.59 Å². The molecule has 3 aromatic rings. The molecule has 164 valence electrons. The zero-order valence-electron chi connectivity index (χ0n) is 17.8. The van der Waals surface area contributed by atoms with Crippen LogP contribution in [0.25, 0.3) is 0 Å². The molecule has 0 saturated carbocycles. The molecule has 0 aromatic heterocycles. The lowest BCUT2D eigenvalue weighted by atomic mass is 10.1. The van der Waals surface area contributed by atoms with E-state index in [9.17, 15) is 14.4 Å². The summed E-state index contributed by atoms with van der Waals surface area (Å²) in [7, 11) is 0. The van der Waals surface area contributed by atoms with Crippen molar-refractivity contribution in [1.82, 2.24) is 5.32 Å². The fourth-order valence-corrected chi connectivity index (χ4v) is 3.10. The summed E-state index contributed by atoms with van der Waals surface area (Å²) >= 11 is 0. The van der Waals surface area contributed by atoms with E-state index >= 15 is 0 Å². The SMILES string of the molecule is CCOc1ccc(C(=O)COC(=O)C(Cc2ccccc2)NC(=O)c2ccccc2)cc1. The van der Waals surface area contributed by atoms with Gasteiger partial charge < -0.3 is 14.8 Å². The van der Waals surface area contributed by atoms with Crippen LogP contribution in [-0.4, -0.2) is 36.9 Å². The maximum atomic E-state index is 12.8. The van der Waals surface area contributed by atoms with Gasteiger partial charge in [-0.25, -0.2) is 4.79 Å². The summed E-state index contributed by atoms with van der Waals surface area (Å²) in [6.07, 6.45) is 0.246. The minimum atomic E-state index is -0.932. The summed E-state index contributed by atoms with van der Waals surface area (Å²) < 4.78 is 10.6. The van der Waals surface area contributed by atoms with Gasteiger partial charge in [-0.15, -0.1) is 0 Å². The van der Waals surface area contributed by atoms with Gasteiger partial charge in [0.1, 0.15) is 11.8 Å². The van der Waals surface area contributed by atoms with Crippen LogP contribution in [-0.2, 0) is 16.0 Å². The van der Waals surface area contributed by atoms with Crippen molar-refractivity contribution < 1.29 is 23.9 Å². The zero-order chi connectivity index (χ0) is 22.8. The number of amides is 1. The van der Waals surface area contributed by atoms with E-state index in [0.717, 1.165) is 5.56 Å². The lowest BCUT2D eigenvalue weighted by Crippen LogP contribution is -2.43. The Morgan fingerprint density at radius 2 is 1.44 bits per heavy atom. The molecule has 6 heteroatoms. The summed E-state index contributed by atoms with van der Waals surface area (Å²) in [5, 5.41) is 2.73. The summed E-state index contributed by atoms with van der Waals surface area (Å²) in [5.41, 5.74) is 1.71. The normalized spacial score (nSPS) is 11.3. The largest absolute Gasteiger partial charge is 0.494 e. The molecule has 0 radical (unpaired) electrons. The third kappa shape index (κ3) is 6.54. The van der Waals surface area contributed by atoms with Gasteiger partial charge in [-0.1, -0.05) is 48.5 Å². The molecule has 0 aliphatic heterocycles. The van der Waals surface area contributed by atoms with E-state index in [2.05, 4.69) is 5.32 Å². The number of esters is 1. The summed E-state index contributed by atoms with van der Waals surface area (Å²) in [6.45, 7) is 1.99. The molecule has 1 N–H and O–H groups in total. The summed E-state index contributed by atoms with van der Waals surface area (Å²) in [6, 6.07) is 23.6. The van der Waals surface area contributed by atoms with Crippen molar-refractivity contribution in [2.45, 2.75) is 19.4 Å². The van der Waals surface area contributed by atoms with Gasteiger partial charge in [0.05, 0.1) is 6.61 Å². The molecule has 1 amide bonds. The number of benzene rings is 3. The monoisotopic (exact) mass is 431 g/mol. The fraction of sp³-hybridized carbons (Fsp3) is 0.192. The standard InChI is InChI=1S/C26H25NO5/c1-2-31-22-15-13-20(14-16-22)24(28)18-32-26(30)23(17-19-9-5-3-6-10-19)27-25(29)21-11-7-4-8-12-21/h3-16,23H,2,17-18H2,1H3,(H,27,29). The number of ether oxygens (including phenoxy) is 2. The Balaban J connectivity index is 1.65. The second-order valence-electron chi connectivity index (χ2n) is 7.07. The average Bonchev–Trinajstić information content (AvgIpc) is 2.83. The molecular formula is C26H25NO5. The van der Waals surface area contributed by atoms with E-state index in [1.165, 1.54) is 0 Å². The topological polar surface area (TPSA) is 81.7 Å². The van der Waals surface area contributed by atoms with Gasteiger partial charge in [-0.2, -0.15) is 0 Å². The van der Waals surface area contributed by atoms with Gasteiger partial charge in [0, 0.05) is 17.5 Å². The highest BCUT2D eigenvalue weighted by atomic mass is 16.5. The number of ketones is 1. The van der Waals surface area contributed by atoms with Crippen LogP contribution in [0.4, 0.5) is 0 Å². The second-order valence-corrected chi connectivity index (χ2v) is 7.07. The summed E-state index contributed by atoms with van der Waals surface area (Å²) in [5.74, 6) is -0.736. The van der Waals surface area contributed by atoms with E-state index < -0.39 is 18.6 Å². The second kappa shape index (κ2) is 11.5. The van der Waals surface area contributed by atoms with Crippen LogP contribution in [0.1, 0.15) is 33.2 Å². The molecular weight excluding hydrogens is 406 g/mol. The predicted octanol–water partition coefficient (Wildman–Crippen LogP) is 3.85. The van der Waals surface area contributed by atoms with Crippen LogP contribution >= 0.6 is 0 Å². The molecule has 3 aromatic carbocycles. The highest BCUT2D eigenvalue weighted by molar-refractivity contribution is 5.99. The van der Waals surface area contributed by atoms with Crippen LogP contribution in [0.3, 0.4) is 0 Å². The van der Waals surface area contributed by atoms with Crippen molar-refractivity contribution in [1.29, 1.82) is 0 Å². The van der Waals surface area contributed by atoms with E-state index in [-0.39, 0.29) is 18.1 Å². The lowest BCUT2D eigenvalue weighted by Gasteiger charge is -2.18. The molecule has 32 heavy (non-hydrogen) atoms. The first-order chi connectivity index (χ1) is 15.6. The predicted molar refractivity (Wildman–Crippen MR) is 121 cm³/mol. The molecule has 0 spiro atoms. The molecule has 0 bridgehead atoms. The fourth-order valence-electron chi connectivity index (χ4n) is 3.10. The molecule has 0 fully saturated rings. The van der Waals surface area contributed by atoms with E-state index in [1.54, 1.807) is 54.6 Å². The molecule has 0 saturated heterocycles. The Morgan fingerprint density at radius 1 is 0.812 bits per heavy atom. The van der Waals surface area contributed by atoms with Crippen molar-refractivity contribution in [3.63, 3.8) is 0 Å². The van der Waals surface area contributed by atoms with Crippen molar-refractivity contribution in [3.8, 4) is 5.75 Å². The van der Waals surface area contributed by atoms with Crippen molar-refractivity contribution in [3.05, 3.63) is 102 Å². The Bertz CT molecular complexity index is 1030. The number of rotatable bonds is 10. The number of carbonyl (C=O) groups excluding carboxylic acids is 3. The molecule has 3 rings (SSSR count). The first-order valence-corrected chi connectivity index (χ1v) is 10.4. The van der Waals surface area contributed by atoms with Gasteiger partial charge in [0.25, 0.3) is 5.91 Å². The maximum absolute atomic E-state index is 12.8. The maximum Gasteiger partial charge on any atom is 0.329 e. The van der Waals surface area contributed by atoms with E-state index in [0.29, 0.717) is 23.5 Å². The van der Waals surface area contributed by atoms with E-state index in [4.69, 9.17) is 9.47 Å². The smallest absolute Gasteiger partial charge is 0.329 e. The molecule has 6 nitrogen and oxygen atoms in total. The first-order valence-electron chi connectivity index (χ1n) is 10.4. The molecule has 0 heterocycles. The Kier molecular flexibility index (Phi) is 8.15. The van der Waals surface area contributed by atoms with Gasteiger partial charge in [-0.05, 0) is 48.9 Å². The van der Waals surface area contributed by atoms with Crippen LogP contribution in [0, 0.1) is 0 Å². The summed E-state index contributed by atoms with van der Waals surface area (Å²) in [4.78, 5) is 37.8. The van der Waals surface area contributed by atoms with Crippen LogP contribution < -0.4 is 10.1 Å². The number of nitrogens with one attached hydrogen (secondary N) is 1. The Hall–Kier alpha value is -3.93. The average molecular weight is 431 g/mol. The van der Waals surface area contributed by atoms with Crippen molar-refractivity contribution >= 4 is 17.7 Å². The van der Waals surface area contributed by atoms with Crippen molar-refractivity contribution in [2.75, 3.05) is 13.2 Å². The van der Waals surface area contributed by atoms with Crippen molar-refractivity contribution in [2.24, 2.45) is 0 Å². The van der Waals surface area contributed by atoms with Crippen LogP contribution in [0.2, 0.25) is 0 Å². The zero-order valence-corrected chi connectivity index (χ0v) is 17.8. The Morgan fingerprint density at radius 3 is 2.06 bits per heavy atom. The molecule has 1 atom stereocenters.